The number of carbonyl (C=O) groups is 1. The first kappa shape index (κ1) is 15.8. The van der Waals surface area contributed by atoms with Crippen molar-refractivity contribution < 1.29 is 9.53 Å². The molecule has 1 heterocycles. The Balaban J connectivity index is 2.11. The summed E-state index contributed by atoms with van der Waals surface area (Å²) in [5.74, 6) is 1.10. The van der Waals surface area contributed by atoms with Gasteiger partial charge in [-0.05, 0) is 38.4 Å². The fourth-order valence-electron chi connectivity index (χ4n) is 3.19. The summed E-state index contributed by atoms with van der Waals surface area (Å²) in [5.41, 5.74) is 0.859. The van der Waals surface area contributed by atoms with Gasteiger partial charge in [-0.3, -0.25) is 4.79 Å². The molecule has 1 aliphatic rings. The molecule has 1 saturated heterocycles. The number of carbonyl (C=O) groups excluding carboxylic acids is 1. The molecule has 21 heavy (non-hydrogen) atoms. The van der Waals surface area contributed by atoms with Crippen molar-refractivity contribution in [3.05, 3.63) is 29.8 Å². The van der Waals surface area contributed by atoms with Crippen LogP contribution in [-0.4, -0.2) is 38.1 Å². The Morgan fingerprint density at radius 2 is 2.00 bits per heavy atom. The van der Waals surface area contributed by atoms with E-state index in [9.17, 15) is 4.79 Å². The Morgan fingerprint density at radius 1 is 1.33 bits per heavy atom. The van der Waals surface area contributed by atoms with Crippen molar-refractivity contribution in [1.29, 1.82) is 0 Å². The molecular formula is C17H26N2O2. The molecule has 1 N–H and O–H groups in total. The Morgan fingerprint density at radius 3 is 2.62 bits per heavy atom. The summed E-state index contributed by atoms with van der Waals surface area (Å²) in [5, 5.41) is 3.34. The number of para-hydroxylation sites is 1. The minimum atomic E-state index is -0.192. The monoisotopic (exact) mass is 290 g/mol. The van der Waals surface area contributed by atoms with Gasteiger partial charge in [0.2, 0.25) is 5.91 Å². The van der Waals surface area contributed by atoms with Crippen molar-refractivity contribution in [2.45, 2.75) is 32.7 Å². The quantitative estimate of drug-likeness (QED) is 0.905. The second kappa shape index (κ2) is 6.94. The number of ether oxygens (including phenoxy) is 1. The molecule has 1 aromatic carbocycles. The largest absolute Gasteiger partial charge is 0.496 e. The van der Waals surface area contributed by atoms with E-state index in [0.717, 1.165) is 43.7 Å². The Kier molecular flexibility index (Phi) is 5.23. The lowest BCUT2D eigenvalue weighted by molar-refractivity contribution is -0.143. The number of amides is 1. The fraction of sp³-hybridized carbons (Fsp3) is 0.588. The maximum Gasteiger partial charge on any atom is 0.228 e. The first-order valence-electron chi connectivity index (χ1n) is 7.71. The Labute approximate surface area is 127 Å². The lowest BCUT2D eigenvalue weighted by Crippen LogP contribution is -2.47. The van der Waals surface area contributed by atoms with Gasteiger partial charge in [0.1, 0.15) is 5.75 Å². The van der Waals surface area contributed by atoms with Gasteiger partial charge in [-0.15, -0.1) is 0 Å². The van der Waals surface area contributed by atoms with Crippen LogP contribution >= 0.6 is 0 Å². The van der Waals surface area contributed by atoms with Gasteiger partial charge < -0.3 is 15.0 Å². The molecule has 116 valence electrons. The van der Waals surface area contributed by atoms with E-state index in [1.807, 2.05) is 36.2 Å². The van der Waals surface area contributed by atoms with Crippen molar-refractivity contribution in [2.24, 2.45) is 5.41 Å². The van der Waals surface area contributed by atoms with E-state index in [4.69, 9.17) is 4.74 Å². The van der Waals surface area contributed by atoms with Gasteiger partial charge in [0.05, 0.1) is 12.5 Å². The summed E-state index contributed by atoms with van der Waals surface area (Å²) in [6.07, 6.45) is 2.76. The number of methoxy groups -OCH3 is 1. The van der Waals surface area contributed by atoms with Crippen LogP contribution in [0.25, 0.3) is 0 Å². The highest BCUT2D eigenvalue weighted by atomic mass is 16.5. The van der Waals surface area contributed by atoms with Crippen LogP contribution in [0.1, 0.15) is 31.7 Å². The third-order valence-corrected chi connectivity index (χ3v) is 4.64. The van der Waals surface area contributed by atoms with Gasteiger partial charge in [0.15, 0.2) is 0 Å². The molecule has 0 atom stereocenters. The minimum Gasteiger partial charge on any atom is -0.496 e. The number of rotatable bonds is 5. The smallest absolute Gasteiger partial charge is 0.228 e. The van der Waals surface area contributed by atoms with Crippen molar-refractivity contribution >= 4 is 5.91 Å². The molecule has 0 spiro atoms. The average molecular weight is 290 g/mol. The van der Waals surface area contributed by atoms with E-state index < -0.39 is 0 Å². The fourth-order valence-corrected chi connectivity index (χ4v) is 3.19. The summed E-state index contributed by atoms with van der Waals surface area (Å²) in [6, 6.07) is 7.89. The molecule has 1 aromatic rings. The predicted octanol–water partition coefficient (Wildman–Crippen LogP) is 2.43. The second-order valence-corrected chi connectivity index (χ2v) is 5.86. The zero-order chi connectivity index (χ0) is 15.3. The van der Waals surface area contributed by atoms with Gasteiger partial charge in [-0.1, -0.05) is 25.1 Å². The number of benzene rings is 1. The maximum atomic E-state index is 12.9. The van der Waals surface area contributed by atoms with Crippen LogP contribution in [0.15, 0.2) is 24.3 Å². The predicted molar refractivity (Wildman–Crippen MR) is 84.3 cm³/mol. The van der Waals surface area contributed by atoms with E-state index in [1.54, 1.807) is 7.11 Å². The second-order valence-electron chi connectivity index (χ2n) is 5.86. The van der Waals surface area contributed by atoms with Crippen molar-refractivity contribution in [3.63, 3.8) is 0 Å². The highest BCUT2D eigenvalue weighted by molar-refractivity contribution is 5.82. The number of nitrogens with one attached hydrogen (secondary N) is 1. The molecule has 0 bridgehead atoms. The lowest BCUT2D eigenvalue weighted by atomic mass is 9.75. The van der Waals surface area contributed by atoms with Crippen LogP contribution in [0.5, 0.6) is 5.75 Å². The van der Waals surface area contributed by atoms with E-state index >= 15 is 0 Å². The van der Waals surface area contributed by atoms with Crippen LogP contribution in [0.2, 0.25) is 0 Å². The first-order chi connectivity index (χ1) is 10.1. The minimum absolute atomic E-state index is 0.192. The number of nitrogens with zero attached hydrogens (tertiary/aromatic N) is 1. The number of piperidine rings is 1. The SMILES string of the molecule is CCC1(C(=O)N(C)Cc2ccccc2OC)CCNCC1. The highest BCUT2D eigenvalue weighted by Gasteiger charge is 2.39. The van der Waals surface area contributed by atoms with Crippen LogP contribution in [0.3, 0.4) is 0 Å². The molecule has 0 aromatic heterocycles. The zero-order valence-corrected chi connectivity index (χ0v) is 13.3. The van der Waals surface area contributed by atoms with Crippen LogP contribution in [-0.2, 0) is 11.3 Å². The molecule has 1 fully saturated rings. The lowest BCUT2D eigenvalue weighted by Gasteiger charge is -2.38. The van der Waals surface area contributed by atoms with Gasteiger partial charge in [0, 0.05) is 19.2 Å². The van der Waals surface area contributed by atoms with Crippen LogP contribution in [0, 0.1) is 5.41 Å². The summed E-state index contributed by atoms with van der Waals surface area (Å²) in [7, 11) is 3.56. The number of hydrogen-bond acceptors (Lipinski definition) is 3. The summed E-state index contributed by atoms with van der Waals surface area (Å²) in [4.78, 5) is 14.8. The van der Waals surface area contributed by atoms with Crippen molar-refractivity contribution in [2.75, 3.05) is 27.2 Å². The zero-order valence-electron chi connectivity index (χ0n) is 13.3. The Hall–Kier alpha value is -1.55. The summed E-state index contributed by atoms with van der Waals surface area (Å²) >= 11 is 0. The maximum absolute atomic E-state index is 12.9. The molecule has 1 amide bonds. The molecule has 0 radical (unpaired) electrons. The van der Waals surface area contributed by atoms with Crippen LogP contribution < -0.4 is 10.1 Å². The number of hydrogen-bond donors (Lipinski definition) is 1. The first-order valence-corrected chi connectivity index (χ1v) is 7.71. The van der Waals surface area contributed by atoms with Gasteiger partial charge >= 0.3 is 0 Å². The topological polar surface area (TPSA) is 41.6 Å². The standard InChI is InChI=1S/C17H26N2O2/c1-4-17(9-11-18-12-10-17)16(20)19(2)13-14-7-5-6-8-15(14)21-3/h5-8,18H,4,9-13H2,1-3H3. The van der Waals surface area contributed by atoms with Crippen molar-refractivity contribution in [1.82, 2.24) is 10.2 Å². The molecular weight excluding hydrogens is 264 g/mol. The molecule has 1 aliphatic heterocycles. The van der Waals surface area contributed by atoms with Gasteiger partial charge in [0.25, 0.3) is 0 Å². The average Bonchev–Trinajstić information content (AvgIpc) is 2.55. The third kappa shape index (κ3) is 3.38. The summed E-state index contributed by atoms with van der Waals surface area (Å²) in [6.45, 7) is 4.59. The molecule has 4 nitrogen and oxygen atoms in total. The van der Waals surface area contributed by atoms with Crippen molar-refractivity contribution in [3.8, 4) is 5.75 Å². The molecule has 2 rings (SSSR count). The van der Waals surface area contributed by atoms with E-state index in [0.29, 0.717) is 6.54 Å². The van der Waals surface area contributed by atoms with E-state index in [1.165, 1.54) is 0 Å². The normalized spacial score (nSPS) is 17.3. The molecule has 4 heteroatoms. The van der Waals surface area contributed by atoms with Gasteiger partial charge in [-0.25, -0.2) is 0 Å². The summed E-state index contributed by atoms with van der Waals surface area (Å²) < 4.78 is 5.37. The molecule has 0 aliphatic carbocycles. The van der Waals surface area contributed by atoms with Crippen LogP contribution in [0.4, 0.5) is 0 Å². The third-order valence-electron chi connectivity index (χ3n) is 4.64. The van der Waals surface area contributed by atoms with E-state index in [-0.39, 0.29) is 11.3 Å². The van der Waals surface area contributed by atoms with Gasteiger partial charge in [-0.2, -0.15) is 0 Å². The Bertz CT molecular complexity index is 481. The molecule has 0 unspecified atom stereocenters. The molecule has 0 saturated carbocycles. The van der Waals surface area contributed by atoms with E-state index in [2.05, 4.69) is 12.2 Å². The highest BCUT2D eigenvalue weighted by Crippen LogP contribution is 2.35.